The predicted octanol–water partition coefficient (Wildman–Crippen LogP) is 4.24. The Balaban J connectivity index is 1.37. The van der Waals surface area contributed by atoms with E-state index in [4.69, 9.17) is 10.5 Å². The highest BCUT2D eigenvalue weighted by Crippen LogP contribution is 2.47. The van der Waals surface area contributed by atoms with Gasteiger partial charge in [0.1, 0.15) is 18.4 Å². The van der Waals surface area contributed by atoms with E-state index in [0.29, 0.717) is 33.0 Å². The Labute approximate surface area is 245 Å². The molecule has 0 aromatic heterocycles. The number of fused-ring (bicyclic) bond motifs is 2. The molecule has 2 fully saturated rings. The van der Waals surface area contributed by atoms with Crippen molar-refractivity contribution >= 4 is 29.5 Å². The number of carbonyl (C=O) groups is 4. The molecule has 0 radical (unpaired) electrons. The van der Waals surface area contributed by atoms with E-state index in [2.05, 4.69) is 5.32 Å². The first-order valence-corrected chi connectivity index (χ1v) is 14.1. The highest BCUT2D eigenvalue weighted by molar-refractivity contribution is 6.06. The van der Waals surface area contributed by atoms with Crippen LogP contribution < -0.4 is 11.1 Å². The van der Waals surface area contributed by atoms with E-state index < -0.39 is 66.6 Å². The van der Waals surface area contributed by atoms with Crippen molar-refractivity contribution in [3.05, 3.63) is 65.0 Å². The van der Waals surface area contributed by atoms with Crippen molar-refractivity contribution < 1.29 is 41.5 Å². The maximum Gasteiger partial charge on any atom is 0.418 e. The number of aryl methyl sites for hydroxylation is 1. The fourth-order valence-corrected chi connectivity index (χ4v) is 5.72. The molecule has 0 unspecified atom stereocenters. The van der Waals surface area contributed by atoms with Gasteiger partial charge >= 0.3 is 12.3 Å². The summed E-state index contributed by atoms with van der Waals surface area (Å²) in [6.45, 7) is 2.19. The fourth-order valence-electron chi connectivity index (χ4n) is 5.72. The normalized spacial score (nSPS) is 21.2. The van der Waals surface area contributed by atoms with Crippen molar-refractivity contribution in [3.8, 4) is 0 Å². The molecule has 2 aromatic carbocycles. The van der Waals surface area contributed by atoms with Crippen LogP contribution in [-0.2, 0) is 37.7 Å². The third-order valence-corrected chi connectivity index (χ3v) is 8.27. The van der Waals surface area contributed by atoms with Crippen LogP contribution in [0.15, 0.2) is 42.5 Å². The Morgan fingerprint density at radius 2 is 1.81 bits per heavy atom. The van der Waals surface area contributed by atoms with Crippen LogP contribution in [0.2, 0.25) is 0 Å². The van der Waals surface area contributed by atoms with Gasteiger partial charge in [-0.15, -0.1) is 0 Å². The zero-order valence-corrected chi connectivity index (χ0v) is 23.6. The first-order chi connectivity index (χ1) is 20.2. The number of amides is 4. The van der Waals surface area contributed by atoms with E-state index in [0.717, 1.165) is 12.1 Å². The third-order valence-electron chi connectivity index (χ3n) is 8.27. The lowest BCUT2D eigenvalue weighted by Crippen LogP contribution is -2.53. The summed E-state index contributed by atoms with van der Waals surface area (Å²) in [6, 6.07) is 6.60. The van der Waals surface area contributed by atoms with E-state index in [-0.39, 0.29) is 36.7 Å². The largest absolute Gasteiger partial charge is 0.427 e. The van der Waals surface area contributed by atoms with Crippen molar-refractivity contribution in [1.82, 2.24) is 9.80 Å². The Morgan fingerprint density at radius 1 is 1.14 bits per heavy atom. The lowest BCUT2D eigenvalue weighted by Gasteiger charge is -2.34. The average Bonchev–Trinajstić information content (AvgIpc) is 3.66. The molecule has 13 heteroatoms. The first kappa shape index (κ1) is 30.5. The zero-order chi connectivity index (χ0) is 31.3. The maximum absolute atomic E-state index is 14.2. The number of benzene rings is 2. The van der Waals surface area contributed by atoms with Crippen LogP contribution in [0.5, 0.6) is 0 Å². The Hall–Kier alpha value is -4.00. The van der Waals surface area contributed by atoms with Gasteiger partial charge in [0.2, 0.25) is 17.4 Å². The second-order valence-electron chi connectivity index (χ2n) is 11.7. The number of halogens is 4. The van der Waals surface area contributed by atoms with Crippen molar-refractivity contribution in [1.29, 1.82) is 0 Å². The Bertz CT molecular complexity index is 1440. The number of hydrogen-bond acceptors (Lipinski definition) is 6. The number of nitrogens with two attached hydrogens (primary N) is 1. The average molecular weight is 605 g/mol. The predicted molar refractivity (Wildman–Crippen MR) is 146 cm³/mol. The molecule has 3 aliphatic rings. The topological polar surface area (TPSA) is 122 Å². The van der Waals surface area contributed by atoms with E-state index in [9.17, 15) is 36.7 Å². The minimum atomic E-state index is -4.76. The molecule has 1 heterocycles. The molecule has 1 aliphatic heterocycles. The molecule has 230 valence electrons. The second-order valence-corrected chi connectivity index (χ2v) is 11.7. The van der Waals surface area contributed by atoms with Crippen LogP contribution in [0.1, 0.15) is 49.8 Å². The summed E-state index contributed by atoms with van der Waals surface area (Å²) in [4.78, 5) is 53.7. The molecule has 43 heavy (non-hydrogen) atoms. The number of ether oxygens (including phenoxy) is 1. The number of nitrogens with zero attached hydrogens (tertiary/aromatic N) is 2. The van der Waals surface area contributed by atoms with Gasteiger partial charge in [0.15, 0.2) is 0 Å². The number of anilines is 1. The quantitative estimate of drug-likeness (QED) is 0.413. The number of nitrogens with one attached hydrogen (secondary N) is 1. The molecule has 5 rings (SSSR count). The molecule has 3 N–H and O–H groups in total. The summed E-state index contributed by atoms with van der Waals surface area (Å²) in [5.41, 5.74) is 5.89. The molecule has 2 aromatic rings. The molecule has 1 spiro atoms. The van der Waals surface area contributed by atoms with Crippen molar-refractivity contribution in [3.63, 3.8) is 0 Å². The standard InChI is InChI=1S/C30H32F4N4O5/c1-16(2)24(35)26(40)36-21-9-10-22-19(13-21)11-12-29(22)27(41)38(28(42)43-29)15-23(39)37(14-17-3-7-20(31)8-4-17)25(18-5-6-18)30(32,33)34/h3-4,7-10,13,16,18,24-25H,5-6,11-12,14-15,35H2,1-2H3,(H,36,40)/t24-,25-,29-/m1/s1. The minimum absolute atomic E-state index is 0.0625. The molecular weight excluding hydrogens is 572 g/mol. The molecule has 9 nitrogen and oxygen atoms in total. The summed E-state index contributed by atoms with van der Waals surface area (Å²) in [5.74, 6) is -3.81. The van der Waals surface area contributed by atoms with Crippen molar-refractivity contribution in [2.45, 2.75) is 69.9 Å². The smallest absolute Gasteiger partial charge is 0.418 e. The summed E-state index contributed by atoms with van der Waals surface area (Å²) >= 11 is 0. The lowest BCUT2D eigenvalue weighted by molar-refractivity contribution is -0.196. The summed E-state index contributed by atoms with van der Waals surface area (Å²) < 4.78 is 61.6. The highest BCUT2D eigenvalue weighted by atomic mass is 19.4. The van der Waals surface area contributed by atoms with Crippen molar-refractivity contribution in [2.75, 3.05) is 11.9 Å². The number of hydrogen-bond donors (Lipinski definition) is 2. The van der Waals surface area contributed by atoms with Gasteiger partial charge in [-0.05, 0) is 66.5 Å². The number of imide groups is 1. The minimum Gasteiger partial charge on any atom is -0.427 e. The van der Waals surface area contributed by atoms with Crippen molar-refractivity contribution in [2.24, 2.45) is 17.6 Å². The Morgan fingerprint density at radius 3 is 2.42 bits per heavy atom. The van der Waals surface area contributed by atoms with E-state index in [1.807, 2.05) is 13.8 Å². The van der Waals surface area contributed by atoms with Gasteiger partial charge in [0, 0.05) is 24.2 Å². The van der Waals surface area contributed by atoms with Gasteiger partial charge in [0.25, 0.3) is 5.91 Å². The van der Waals surface area contributed by atoms with E-state index >= 15 is 0 Å². The van der Waals surface area contributed by atoms with Crippen LogP contribution in [0.4, 0.5) is 28.0 Å². The molecule has 1 saturated carbocycles. The van der Waals surface area contributed by atoms with Gasteiger partial charge in [-0.2, -0.15) is 13.2 Å². The second kappa shape index (κ2) is 11.3. The van der Waals surface area contributed by atoms with Crippen LogP contribution in [0.25, 0.3) is 0 Å². The van der Waals surface area contributed by atoms with Gasteiger partial charge in [-0.3, -0.25) is 14.4 Å². The van der Waals surface area contributed by atoms with Crippen LogP contribution >= 0.6 is 0 Å². The first-order valence-electron chi connectivity index (χ1n) is 14.1. The van der Waals surface area contributed by atoms with Crippen LogP contribution in [-0.4, -0.2) is 58.4 Å². The number of rotatable bonds is 9. The SMILES string of the molecule is CC(C)[C@@H](N)C(=O)Nc1ccc2c(c1)CC[C@@]21OC(=O)N(CC(=O)N(Cc2ccc(F)cc2)[C@H](C2CC2)C(F)(F)F)C1=O. The zero-order valence-electron chi connectivity index (χ0n) is 23.6. The van der Waals surface area contributed by atoms with Gasteiger partial charge in [-0.1, -0.05) is 32.0 Å². The molecule has 3 atom stereocenters. The van der Waals surface area contributed by atoms with Gasteiger partial charge in [-0.25, -0.2) is 14.1 Å². The fraction of sp³-hybridized carbons (Fsp3) is 0.467. The molecule has 0 bridgehead atoms. The van der Waals surface area contributed by atoms with Crippen LogP contribution in [0.3, 0.4) is 0 Å². The third kappa shape index (κ3) is 5.95. The van der Waals surface area contributed by atoms with Gasteiger partial charge in [0.05, 0.1) is 6.04 Å². The molecule has 4 amide bonds. The molecular formula is C30H32F4N4O5. The lowest BCUT2D eigenvalue weighted by atomic mass is 9.94. The van der Waals surface area contributed by atoms with E-state index in [1.54, 1.807) is 18.2 Å². The summed E-state index contributed by atoms with van der Waals surface area (Å²) in [7, 11) is 0. The summed E-state index contributed by atoms with van der Waals surface area (Å²) in [5, 5.41) is 2.73. The maximum atomic E-state index is 14.2. The number of alkyl halides is 3. The van der Waals surface area contributed by atoms with E-state index in [1.165, 1.54) is 12.1 Å². The summed E-state index contributed by atoms with van der Waals surface area (Å²) in [6.07, 6.45) is -4.98. The highest BCUT2D eigenvalue weighted by Gasteiger charge is 2.59. The monoisotopic (exact) mass is 604 g/mol. The van der Waals surface area contributed by atoms with Gasteiger partial charge < -0.3 is 20.7 Å². The molecule has 1 saturated heterocycles. The molecule has 2 aliphatic carbocycles. The number of carbonyl (C=O) groups excluding carboxylic acids is 4. The van der Waals surface area contributed by atoms with Crippen LogP contribution in [0, 0.1) is 17.7 Å². The Kier molecular flexibility index (Phi) is 7.97.